The topological polar surface area (TPSA) is 135 Å². The van der Waals surface area contributed by atoms with Crippen molar-refractivity contribution in [2.75, 3.05) is 24.5 Å². The number of hydrogen-bond acceptors (Lipinski definition) is 9. The van der Waals surface area contributed by atoms with Gasteiger partial charge in [-0.1, -0.05) is 5.16 Å². The summed E-state index contributed by atoms with van der Waals surface area (Å²) in [4.78, 5) is 25.0. The number of hydrogen-bond donors (Lipinski definition) is 2. The molecule has 1 atom stereocenters. The summed E-state index contributed by atoms with van der Waals surface area (Å²) in [5.41, 5.74) is 6.22. The van der Waals surface area contributed by atoms with E-state index in [0.717, 1.165) is 62.5 Å². The number of primary amides is 1. The molecule has 3 aromatic rings. The minimum Gasteiger partial charge on any atom is -0.462 e. The second kappa shape index (κ2) is 9.32. The fourth-order valence-electron chi connectivity index (χ4n) is 4.67. The molecule has 0 aromatic carbocycles. The fraction of sp³-hybridized carbons (Fsp3) is 0.478. The zero-order valence-corrected chi connectivity index (χ0v) is 18.4. The van der Waals surface area contributed by atoms with E-state index in [1.165, 1.54) is 0 Å². The number of aliphatic hydroxyl groups is 1. The standard InChI is InChI=1S/C23H28N6O4/c24-21(31)15-7-10-28(11-8-15)20-6-3-16(12-25-20)22-26-23(33-27-22)19-2-1-9-29(19)13-17-4-5-18(14-30)32-17/h3-6,12,15,19,30H,1-2,7-11,13-14H2,(H2,24,31)/t19-/m0/s1. The van der Waals surface area contributed by atoms with Crippen molar-refractivity contribution in [2.45, 2.75) is 44.9 Å². The van der Waals surface area contributed by atoms with Crippen LogP contribution in [0.5, 0.6) is 0 Å². The number of pyridine rings is 1. The van der Waals surface area contributed by atoms with E-state index in [4.69, 9.17) is 14.7 Å². The summed E-state index contributed by atoms with van der Waals surface area (Å²) in [6.07, 6.45) is 5.25. The van der Waals surface area contributed by atoms with E-state index < -0.39 is 0 Å². The predicted molar refractivity (Wildman–Crippen MR) is 119 cm³/mol. The van der Waals surface area contributed by atoms with Gasteiger partial charge in [0.05, 0.1) is 12.6 Å². The Kier molecular flexibility index (Phi) is 6.10. The second-order valence-electron chi connectivity index (χ2n) is 8.68. The van der Waals surface area contributed by atoms with Gasteiger partial charge < -0.3 is 24.7 Å². The third kappa shape index (κ3) is 4.62. The Morgan fingerprint density at radius 3 is 2.64 bits per heavy atom. The first-order chi connectivity index (χ1) is 16.1. The van der Waals surface area contributed by atoms with Gasteiger partial charge in [-0.25, -0.2) is 4.98 Å². The number of anilines is 1. The molecule has 5 heterocycles. The largest absolute Gasteiger partial charge is 0.462 e. The van der Waals surface area contributed by atoms with Crippen LogP contribution in [0.25, 0.3) is 11.4 Å². The molecule has 2 aliphatic heterocycles. The van der Waals surface area contributed by atoms with Crippen molar-refractivity contribution < 1.29 is 18.8 Å². The maximum atomic E-state index is 11.4. The van der Waals surface area contributed by atoms with Crippen LogP contribution in [0.2, 0.25) is 0 Å². The molecule has 0 radical (unpaired) electrons. The number of nitrogens with two attached hydrogens (primary N) is 1. The number of aliphatic hydroxyl groups excluding tert-OH is 1. The van der Waals surface area contributed by atoms with Crippen LogP contribution in [-0.4, -0.2) is 50.7 Å². The molecule has 3 N–H and O–H groups in total. The van der Waals surface area contributed by atoms with Crippen LogP contribution in [-0.2, 0) is 17.9 Å². The molecular formula is C23H28N6O4. The van der Waals surface area contributed by atoms with Gasteiger partial charge >= 0.3 is 0 Å². The summed E-state index contributed by atoms with van der Waals surface area (Å²) >= 11 is 0. The van der Waals surface area contributed by atoms with E-state index in [9.17, 15) is 9.90 Å². The van der Waals surface area contributed by atoms with E-state index >= 15 is 0 Å². The van der Waals surface area contributed by atoms with Crippen molar-refractivity contribution in [2.24, 2.45) is 11.7 Å². The van der Waals surface area contributed by atoms with Gasteiger partial charge in [0.2, 0.25) is 17.6 Å². The van der Waals surface area contributed by atoms with Crippen LogP contribution >= 0.6 is 0 Å². The van der Waals surface area contributed by atoms with Crippen molar-refractivity contribution in [3.05, 3.63) is 47.9 Å². The maximum Gasteiger partial charge on any atom is 0.244 e. The average Bonchev–Trinajstić information content (AvgIpc) is 3.60. The van der Waals surface area contributed by atoms with E-state index in [1.54, 1.807) is 12.3 Å². The number of carbonyl (C=O) groups is 1. The summed E-state index contributed by atoms with van der Waals surface area (Å²) in [6, 6.07) is 7.62. The quantitative estimate of drug-likeness (QED) is 0.553. The third-order valence-electron chi connectivity index (χ3n) is 6.55. The molecule has 2 aliphatic rings. The second-order valence-corrected chi connectivity index (χ2v) is 8.68. The molecule has 174 valence electrons. The van der Waals surface area contributed by atoms with Gasteiger partial charge in [-0.05, 0) is 56.5 Å². The molecule has 0 aliphatic carbocycles. The van der Waals surface area contributed by atoms with Crippen LogP contribution in [0.4, 0.5) is 5.82 Å². The molecule has 3 aromatic heterocycles. The zero-order chi connectivity index (χ0) is 22.8. The number of piperidine rings is 1. The summed E-state index contributed by atoms with van der Waals surface area (Å²) in [6.45, 7) is 2.97. The van der Waals surface area contributed by atoms with Gasteiger partial charge in [-0.15, -0.1) is 0 Å². The summed E-state index contributed by atoms with van der Waals surface area (Å²) in [5, 5.41) is 13.4. The predicted octanol–water partition coefficient (Wildman–Crippen LogP) is 2.26. The van der Waals surface area contributed by atoms with Gasteiger partial charge in [0.15, 0.2) is 0 Å². The van der Waals surface area contributed by atoms with Gasteiger partial charge in [0.25, 0.3) is 0 Å². The molecule has 0 spiro atoms. The van der Waals surface area contributed by atoms with Crippen molar-refractivity contribution in [3.8, 4) is 11.4 Å². The monoisotopic (exact) mass is 452 g/mol. The molecule has 2 fully saturated rings. The molecule has 0 unspecified atom stereocenters. The summed E-state index contributed by atoms with van der Waals surface area (Å²) in [7, 11) is 0. The number of amides is 1. The Balaban J connectivity index is 1.24. The van der Waals surface area contributed by atoms with Crippen molar-refractivity contribution in [1.29, 1.82) is 0 Å². The van der Waals surface area contributed by atoms with Crippen molar-refractivity contribution >= 4 is 11.7 Å². The van der Waals surface area contributed by atoms with Crippen LogP contribution in [0.15, 0.2) is 39.4 Å². The number of likely N-dealkylation sites (tertiary alicyclic amines) is 1. The van der Waals surface area contributed by atoms with Crippen LogP contribution in [0.1, 0.15) is 49.1 Å². The van der Waals surface area contributed by atoms with Crippen LogP contribution in [0, 0.1) is 5.92 Å². The number of rotatable bonds is 7. The Labute approximate surface area is 191 Å². The van der Waals surface area contributed by atoms with E-state index in [1.807, 2.05) is 18.2 Å². The van der Waals surface area contributed by atoms with Gasteiger partial charge in [0, 0.05) is 30.8 Å². The first kappa shape index (κ1) is 21.6. The molecule has 5 rings (SSSR count). The highest BCUT2D eigenvalue weighted by atomic mass is 16.5. The highest BCUT2D eigenvalue weighted by molar-refractivity contribution is 5.77. The maximum absolute atomic E-state index is 11.4. The number of furan rings is 1. The zero-order valence-electron chi connectivity index (χ0n) is 18.4. The van der Waals surface area contributed by atoms with Gasteiger partial charge in [0.1, 0.15) is 23.9 Å². The first-order valence-corrected chi connectivity index (χ1v) is 11.4. The minimum atomic E-state index is -0.217. The van der Waals surface area contributed by atoms with Crippen molar-refractivity contribution in [1.82, 2.24) is 20.0 Å². The normalized spacial score (nSPS) is 19.9. The highest BCUT2D eigenvalue weighted by Crippen LogP contribution is 2.33. The number of aromatic nitrogens is 3. The molecule has 1 amide bonds. The van der Waals surface area contributed by atoms with E-state index in [-0.39, 0.29) is 24.5 Å². The summed E-state index contributed by atoms with van der Waals surface area (Å²) < 4.78 is 11.3. The van der Waals surface area contributed by atoms with Crippen LogP contribution in [0.3, 0.4) is 0 Å². The molecule has 10 heteroatoms. The van der Waals surface area contributed by atoms with Gasteiger partial charge in [-0.2, -0.15) is 4.98 Å². The SMILES string of the molecule is NC(=O)C1CCN(c2ccc(-c3noc([C@@H]4CCCN4Cc4ccc(CO)o4)n3)cn2)CC1. The number of carbonyl (C=O) groups excluding carboxylic acids is 1. The molecule has 2 saturated heterocycles. The lowest BCUT2D eigenvalue weighted by molar-refractivity contribution is -0.122. The molecule has 0 saturated carbocycles. The smallest absolute Gasteiger partial charge is 0.244 e. The fourth-order valence-corrected chi connectivity index (χ4v) is 4.67. The lowest BCUT2D eigenvalue weighted by Crippen LogP contribution is -2.38. The van der Waals surface area contributed by atoms with Gasteiger partial charge in [-0.3, -0.25) is 9.69 Å². The Hall–Kier alpha value is -3.24. The Morgan fingerprint density at radius 2 is 1.94 bits per heavy atom. The minimum absolute atomic E-state index is 0.0349. The third-order valence-corrected chi connectivity index (χ3v) is 6.55. The molecule has 0 bridgehead atoms. The average molecular weight is 453 g/mol. The lowest BCUT2D eigenvalue weighted by Gasteiger charge is -2.31. The highest BCUT2D eigenvalue weighted by Gasteiger charge is 2.31. The Morgan fingerprint density at radius 1 is 1.12 bits per heavy atom. The first-order valence-electron chi connectivity index (χ1n) is 11.4. The summed E-state index contributed by atoms with van der Waals surface area (Å²) in [5.74, 6) is 3.09. The molecule has 10 nitrogen and oxygen atoms in total. The van der Waals surface area contributed by atoms with Crippen molar-refractivity contribution in [3.63, 3.8) is 0 Å². The lowest BCUT2D eigenvalue weighted by atomic mass is 9.96. The molecule has 33 heavy (non-hydrogen) atoms. The Bertz CT molecular complexity index is 1090. The van der Waals surface area contributed by atoms with Crippen LogP contribution < -0.4 is 10.6 Å². The number of nitrogens with zero attached hydrogens (tertiary/aromatic N) is 5. The van der Waals surface area contributed by atoms with E-state index in [2.05, 4.69) is 24.9 Å². The molecular weight excluding hydrogens is 424 g/mol. The van der Waals surface area contributed by atoms with E-state index in [0.29, 0.717) is 24.0 Å².